The predicted molar refractivity (Wildman–Crippen MR) is 73.6 cm³/mol. The molecule has 0 unspecified atom stereocenters. The van der Waals surface area contributed by atoms with Gasteiger partial charge in [0.25, 0.3) is 0 Å². The second-order valence-corrected chi connectivity index (χ2v) is 3.82. The molecule has 0 radical (unpaired) electrons. The second-order valence-electron chi connectivity index (χ2n) is 3.82. The van der Waals surface area contributed by atoms with Crippen molar-refractivity contribution in [1.82, 2.24) is 15.5 Å². The summed E-state index contributed by atoms with van der Waals surface area (Å²) >= 11 is 0. The van der Waals surface area contributed by atoms with Crippen LogP contribution in [0.2, 0.25) is 0 Å². The molecular formula is C12H26N4O. The summed E-state index contributed by atoms with van der Waals surface area (Å²) < 4.78 is 5.02. The average molecular weight is 242 g/mol. The molecule has 0 spiro atoms. The zero-order chi connectivity index (χ0) is 12.9. The fourth-order valence-corrected chi connectivity index (χ4v) is 1.35. The highest BCUT2D eigenvalue weighted by molar-refractivity contribution is 5.79. The number of nitrogens with one attached hydrogen (secondary N) is 2. The molecule has 17 heavy (non-hydrogen) atoms. The zero-order valence-electron chi connectivity index (χ0n) is 11.3. The number of hydrogen-bond acceptors (Lipinski definition) is 3. The van der Waals surface area contributed by atoms with Crippen LogP contribution in [-0.2, 0) is 4.74 Å². The standard InChI is InChI=1S/C12H26N4O/c1-5-7-14-12(13-2)15-8-10-16(3)9-6-11-17-4/h5H,1,6-11H2,2-4H3,(H2,13,14,15). The lowest BCUT2D eigenvalue weighted by Crippen LogP contribution is -2.41. The molecule has 100 valence electrons. The molecular weight excluding hydrogens is 216 g/mol. The van der Waals surface area contributed by atoms with Gasteiger partial charge in [-0.1, -0.05) is 6.08 Å². The minimum Gasteiger partial charge on any atom is -0.385 e. The molecule has 0 aromatic rings. The third-order valence-electron chi connectivity index (χ3n) is 2.31. The highest BCUT2D eigenvalue weighted by atomic mass is 16.5. The van der Waals surface area contributed by atoms with E-state index in [9.17, 15) is 0 Å². The molecule has 0 aromatic carbocycles. The van der Waals surface area contributed by atoms with E-state index in [0.717, 1.165) is 45.2 Å². The summed E-state index contributed by atoms with van der Waals surface area (Å²) in [5.41, 5.74) is 0. The third kappa shape index (κ3) is 9.84. The molecule has 5 heteroatoms. The van der Waals surface area contributed by atoms with E-state index < -0.39 is 0 Å². The number of ether oxygens (including phenoxy) is 1. The lowest BCUT2D eigenvalue weighted by atomic mass is 10.4. The molecule has 0 bridgehead atoms. The van der Waals surface area contributed by atoms with Gasteiger partial charge in [0, 0.05) is 46.9 Å². The Labute approximate surface area is 105 Å². The lowest BCUT2D eigenvalue weighted by molar-refractivity contribution is 0.180. The molecule has 0 rings (SSSR count). The van der Waals surface area contributed by atoms with Gasteiger partial charge in [0.2, 0.25) is 0 Å². The maximum absolute atomic E-state index is 5.02. The van der Waals surface area contributed by atoms with Crippen LogP contribution in [0.1, 0.15) is 6.42 Å². The molecule has 0 heterocycles. The maximum Gasteiger partial charge on any atom is 0.191 e. The van der Waals surface area contributed by atoms with E-state index in [1.807, 2.05) is 6.08 Å². The van der Waals surface area contributed by atoms with Crippen LogP contribution < -0.4 is 10.6 Å². The second kappa shape index (κ2) is 11.4. The number of nitrogens with zero attached hydrogens (tertiary/aromatic N) is 2. The van der Waals surface area contributed by atoms with Crippen molar-refractivity contribution in [2.75, 3.05) is 54.0 Å². The molecule has 0 fully saturated rings. The van der Waals surface area contributed by atoms with E-state index in [2.05, 4.69) is 34.2 Å². The van der Waals surface area contributed by atoms with Crippen molar-refractivity contribution >= 4 is 5.96 Å². The van der Waals surface area contributed by atoms with Crippen molar-refractivity contribution in [3.05, 3.63) is 12.7 Å². The summed E-state index contributed by atoms with van der Waals surface area (Å²) in [6.07, 6.45) is 2.88. The number of likely N-dealkylation sites (N-methyl/N-ethyl adjacent to an activating group) is 1. The van der Waals surface area contributed by atoms with E-state index >= 15 is 0 Å². The van der Waals surface area contributed by atoms with E-state index in [-0.39, 0.29) is 0 Å². The Bertz CT molecular complexity index is 219. The largest absolute Gasteiger partial charge is 0.385 e. The first-order chi connectivity index (χ1) is 8.24. The molecule has 0 aliphatic carbocycles. The van der Waals surface area contributed by atoms with Crippen LogP contribution >= 0.6 is 0 Å². The van der Waals surface area contributed by atoms with Crippen molar-refractivity contribution in [1.29, 1.82) is 0 Å². The Kier molecular flexibility index (Phi) is 10.7. The van der Waals surface area contributed by atoms with Crippen LogP contribution in [0.4, 0.5) is 0 Å². The molecule has 0 aromatic heterocycles. The lowest BCUT2D eigenvalue weighted by Gasteiger charge is -2.17. The minimum absolute atomic E-state index is 0.726. The van der Waals surface area contributed by atoms with E-state index in [4.69, 9.17) is 4.74 Å². The topological polar surface area (TPSA) is 48.9 Å². The fraction of sp³-hybridized carbons (Fsp3) is 0.750. The molecule has 0 aliphatic heterocycles. The monoisotopic (exact) mass is 242 g/mol. The number of aliphatic imine (C=N–C) groups is 1. The Morgan fingerprint density at radius 2 is 2.18 bits per heavy atom. The van der Waals surface area contributed by atoms with Crippen LogP contribution in [0.25, 0.3) is 0 Å². The number of methoxy groups -OCH3 is 1. The third-order valence-corrected chi connectivity index (χ3v) is 2.31. The Hall–Kier alpha value is -1.07. The van der Waals surface area contributed by atoms with Crippen molar-refractivity contribution in [2.45, 2.75) is 6.42 Å². The van der Waals surface area contributed by atoms with Gasteiger partial charge < -0.3 is 20.3 Å². The van der Waals surface area contributed by atoms with Crippen molar-refractivity contribution in [3.63, 3.8) is 0 Å². The molecule has 0 aliphatic rings. The smallest absolute Gasteiger partial charge is 0.191 e. The normalized spacial score (nSPS) is 11.6. The van der Waals surface area contributed by atoms with E-state index in [0.29, 0.717) is 0 Å². The number of guanidine groups is 1. The zero-order valence-corrected chi connectivity index (χ0v) is 11.3. The first kappa shape index (κ1) is 15.9. The molecule has 0 saturated carbocycles. The Balaban J connectivity index is 3.55. The van der Waals surface area contributed by atoms with Gasteiger partial charge in [-0.05, 0) is 13.5 Å². The van der Waals surface area contributed by atoms with Crippen molar-refractivity contribution in [2.24, 2.45) is 4.99 Å². The van der Waals surface area contributed by atoms with Gasteiger partial charge in [-0.3, -0.25) is 4.99 Å². The summed E-state index contributed by atoms with van der Waals surface area (Å²) in [7, 11) is 5.61. The van der Waals surface area contributed by atoms with Gasteiger partial charge in [0.1, 0.15) is 0 Å². The van der Waals surface area contributed by atoms with Crippen molar-refractivity contribution < 1.29 is 4.74 Å². The van der Waals surface area contributed by atoms with Gasteiger partial charge in [0.05, 0.1) is 0 Å². The highest BCUT2D eigenvalue weighted by Gasteiger charge is 1.99. The van der Waals surface area contributed by atoms with Gasteiger partial charge in [-0.15, -0.1) is 6.58 Å². The van der Waals surface area contributed by atoms with Gasteiger partial charge in [0.15, 0.2) is 5.96 Å². The van der Waals surface area contributed by atoms with Gasteiger partial charge >= 0.3 is 0 Å². The van der Waals surface area contributed by atoms with Gasteiger partial charge in [-0.25, -0.2) is 0 Å². The first-order valence-corrected chi connectivity index (χ1v) is 5.97. The van der Waals surface area contributed by atoms with Crippen LogP contribution in [-0.4, -0.2) is 64.9 Å². The Morgan fingerprint density at radius 1 is 1.41 bits per heavy atom. The van der Waals surface area contributed by atoms with Crippen LogP contribution in [0.15, 0.2) is 17.6 Å². The highest BCUT2D eigenvalue weighted by Crippen LogP contribution is 1.86. The van der Waals surface area contributed by atoms with Gasteiger partial charge in [-0.2, -0.15) is 0 Å². The fourth-order valence-electron chi connectivity index (χ4n) is 1.35. The van der Waals surface area contributed by atoms with Crippen molar-refractivity contribution in [3.8, 4) is 0 Å². The minimum atomic E-state index is 0.726. The summed E-state index contributed by atoms with van der Waals surface area (Å²) in [5.74, 6) is 0.815. The Morgan fingerprint density at radius 3 is 2.76 bits per heavy atom. The number of rotatable bonds is 9. The quantitative estimate of drug-likeness (QED) is 0.264. The van der Waals surface area contributed by atoms with Crippen LogP contribution in [0.3, 0.4) is 0 Å². The summed E-state index contributed by atoms with van der Waals surface area (Å²) in [4.78, 5) is 6.38. The molecule has 5 nitrogen and oxygen atoms in total. The number of hydrogen-bond donors (Lipinski definition) is 2. The summed E-state index contributed by atoms with van der Waals surface area (Å²) in [5, 5.41) is 6.37. The van der Waals surface area contributed by atoms with Crippen LogP contribution in [0, 0.1) is 0 Å². The molecule has 0 atom stereocenters. The maximum atomic E-state index is 5.02. The van der Waals surface area contributed by atoms with E-state index in [1.54, 1.807) is 14.2 Å². The van der Waals surface area contributed by atoms with Crippen LogP contribution in [0.5, 0.6) is 0 Å². The first-order valence-electron chi connectivity index (χ1n) is 5.97. The molecule has 2 N–H and O–H groups in total. The average Bonchev–Trinajstić information content (AvgIpc) is 2.34. The molecule has 0 amide bonds. The predicted octanol–water partition coefficient (Wildman–Crippen LogP) is 0.306. The molecule has 0 saturated heterocycles. The summed E-state index contributed by atoms with van der Waals surface area (Å²) in [6.45, 7) is 8.11. The van der Waals surface area contributed by atoms with E-state index in [1.165, 1.54) is 0 Å². The summed E-state index contributed by atoms with van der Waals surface area (Å²) in [6, 6.07) is 0. The SMILES string of the molecule is C=CCNC(=NC)NCCN(C)CCCOC.